The normalized spacial score (nSPS) is 14.3. The molecule has 0 fully saturated rings. The van der Waals surface area contributed by atoms with Crippen molar-refractivity contribution in [2.45, 2.75) is 6.92 Å². The molecule has 0 aliphatic carbocycles. The van der Waals surface area contributed by atoms with Crippen LogP contribution in [0.25, 0.3) is 0 Å². The molecule has 0 radical (unpaired) electrons. The van der Waals surface area contributed by atoms with Gasteiger partial charge in [0, 0.05) is 5.97 Å². The lowest BCUT2D eigenvalue weighted by atomic mass is 10.8. The molecule has 1 N–H and O–H groups in total. The standard InChI is InChI=1S/C3H5NS.C2H4O2/c1-2-5-3-4-1;1-2(3)4/h3H,1-2H2;1H3,(H,3,4). The molecule has 0 aromatic carbocycles. The van der Waals surface area contributed by atoms with Crippen molar-refractivity contribution < 1.29 is 14.9 Å². The number of thioether (sulfide) groups is 1. The molecule has 52 valence electrons. The SMILES string of the molecule is C1=[NH+]CCS1.CC(=O)[O-]. The molecule has 1 aliphatic heterocycles. The van der Waals surface area contributed by atoms with E-state index in [0.717, 1.165) is 13.5 Å². The van der Waals surface area contributed by atoms with Crippen LogP contribution >= 0.6 is 11.8 Å². The molecule has 0 aromatic heterocycles. The number of hydrogen-bond acceptors (Lipinski definition) is 3. The molecule has 9 heavy (non-hydrogen) atoms. The van der Waals surface area contributed by atoms with Crippen LogP contribution in [-0.2, 0) is 4.79 Å². The number of aliphatic carboxylic acids is 1. The van der Waals surface area contributed by atoms with Gasteiger partial charge < -0.3 is 9.90 Å². The van der Waals surface area contributed by atoms with Gasteiger partial charge in [-0.25, -0.2) is 4.99 Å². The van der Waals surface area contributed by atoms with Gasteiger partial charge in [0.1, 0.15) is 0 Å². The zero-order chi connectivity index (χ0) is 7.11. The second-order valence-corrected chi connectivity index (χ2v) is 2.41. The first-order valence-corrected chi connectivity index (χ1v) is 3.62. The van der Waals surface area contributed by atoms with E-state index in [2.05, 4.69) is 4.99 Å². The minimum atomic E-state index is -1.08. The summed E-state index contributed by atoms with van der Waals surface area (Å²) in [5.41, 5.74) is 2.03. The first-order valence-electron chi connectivity index (χ1n) is 2.57. The number of carbonyl (C=O) groups is 1. The van der Waals surface area contributed by atoms with Crippen molar-refractivity contribution in [1.29, 1.82) is 0 Å². The number of carbonyl (C=O) groups excluding carboxylic acids is 1. The summed E-state index contributed by atoms with van der Waals surface area (Å²) in [7, 11) is 0. The Balaban J connectivity index is 0.000000148. The van der Waals surface area contributed by atoms with E-state index >= 15 is 0 Å². The highest BCUT2D eigenvalue weighted by molar-refractivity contribution is 8.12. The molecule has 0 saturated carbocycles. The van der Waals surface area contributed by atoms with Gasteiger partial charge in [0.15, 0.2) is 12.1 Å². The average Bonchev–Trinajstić information content (AvgIpc) is 2.11. The lowest BCUT2D eigenvalue weighted by Crippen LogP contribution is -2.65. The van der Waals surface area contributed by atoms with Gasteiger partial charge >= 0.3 is 0 Å². The van der Waals surface area contributed by atoms with Crippen LogP contribution in [0.4, 0.5) is 0 Å². The number of rotatable bonds is 0. The fraction of sp³-hybridized carbons (Fsp3) is 0.600. The van der Waals surface area contributed by atoms with Crippen LogP contribution in [0.3, 0.4) is 0 Å². The lowest BCUT2D eigenvalue weighted by Gasteiger charge is -1.77. The van der Waals surface area contributed by atoms with E-state index in [9.17, 15) is 0 Å². The van der Waals surface area contributed by atoms with E-state index in [-0.39, 0.29) is 0 Å². The van der Waals surface area contributed by atoms with Gasteiger partial charge in [-0.05, 0) is 6.92 Å². The highest BCUT2D eigenvalue weighted by Gasteiger charge is 1.93. The minimum absolute atomic E-state index is 0.972. The molecular weight excluding hydrogens is 138 g/mol. The number of carboxylic acid groups (broad SMARTS) is 1. The largest absolute Gasteiger partial charge is 0.550 e. The number of nitrogens with one attached hydrogen (secondary N) is 1. The summed E-state index contributed by atoms with van der Waals surface area (Å²) < 4.78 is 0. The van der Waals surface area contributed by atoms with Crippen molar-refractivity contribution in [3.05, 3.63) is 0 Å². The third-order valence-electron chi connectivity index (χ3n) is 0.531. The highest BCUT2D eigenvalue weighted by atomic mass is 32.2. The van der Waals surface area contributed by atoms with E-state index in [1.807, 2.05) is 17.3 Å². The van der Waals surface area contributed by atoms with Crippen molar-refractivity contribution in [3.8, 4) is 0 Å². The summed E-state index contributed by atoms with van der Waals surface area (Å²) in [6.45, 7) is 2.13. The molecule has 0 unspecified atom stereocenters. The molecule has 0 saturated heterocycles. The smallest absolute Gasteiger partial charge is 0.196 e. The molecule has 1 heterocycles. The Hall–Kier alpha value is -0.510. The predicted octanol–water partition coefficient (Wildman–Crippen LogP) is -2.40. The molecular formula is C5H9NO2S. The second-order valence-electron chi connectivity index (χ2n) is 1.43. The predicted molar refractivity (Wildman–Crippen MR) is 35.0 cm³/mol. The Morgan fingerprint density at radius 1 is 1.89 bits per heavy atom. The van der Waals surface area contributed by atoms with Crippen molar-refractivity contribution in [3.63, 3.8) is 0 Å². The maximum absolute atomic E-state index is 8.89. The van der Waals surface area contributed by atoms with Gasteiger partial charge in [-0.15, -0.1) is 0 Å². The molecule has 4 heteroatoms. The zero-order valence-corrected chi connectivity index (χ0v) is 6.03. The van der Waals surface area contributed by atoms with Crippen LogP contribution in [0.1, 0.15) is 6.92 Å². The first kappa shape index (κ1) is 8.49. The zero-order valence-electron chi connectivity index (χ0n) is 5.22. The van der Waals surface area contributed by atoms with E-state index < -0.39 is 5.97 Å². The van der Waals surface area contributed by atoms with Crippen LogP contribution in [0.5, 0.6) is 0 Å². The molecule has 1 rings (SSSR count). The fourth-order valence-corrected chi connectivity index (χ4v) is 0.884. The van der Waals surface area contributed by atoms with Crippen molar-refractivity contribution >= 4 is 23.3 Å². The van der Waals surface area contributed by atoms with Crippen LogP contribution in [0.2, 0.25) is 0 Å². The van der Waals surface area contributed by atoms with Crippen LogP contribution < -0.4 is 10.1 Å². The van der Waals surface area contributed by atoms with E-state index in [1.54, 1.807) is 0 Å². The molecule has 0 aromatic rings. The Labute approximate surface area is 58.2 Å². The van der Waals surface area contributed by atoms with Gasteiger partial charge in [0.2, 0.25) is 0 Å². The molecule has 0 spiro atoms. The van der Waals surface area contributed by atoms with Gasteiger partial charge in [-0.1, -0.05) is 11.8 Å². The topological polar surface area (TPSA) is 54.1 Å². The molecule has 0 amide bonds. The van der Waals surface area contributed by atoms with E-state index in [4.69, 9.17) is 9.90 Å². The van der Waals surface area contributed by atoms with Gasteiger partial charge in [0.25, 0.3) is 0 Å². The molecule has 0 bridgehead atoms. The summed E-state index contributed by atoms with van der Waals surface area (Å²) in [5, 5.41) is 8.89. The van der Waals surface area contributed by atoms with Crippen LogP contribution in [0.15, 0.2) is 0 Å². The van der Waals surface area contributed by atoms with Crippen LogP contribution in [-0.4, -0.2) is 23.8 Å². The maximum atomic E-state index is 8.89. The second kappa shape index (κ2) is 5.62. The maximum Gasteiger partial charge on any atom is 0.196 e. The number of carboxylic acids is 1. The van der Waals surface area contributed by atoms with E-state index in [0.29, 0.717) is 0 Å². The summed E-state index contributed by atoms with van der Waals surface area (Å²) in [6.07, 6.45) is 0. The first-order chi connectivity index (χ1) is 4.23. The monoisotopic (exact) mass is 147 g/mol. The van der Waals surface area contributed by atoms with Gasteiger partial charge in [-0.2, -0.15) is 0 Å². The molecule has 3 nitrogen and oxygen atoms in total. The third-order valence-corrected chi connectivity index (χ3v) is 1.30. The molecule has 0 atom stereocenters. The van der Waals surface area contributed by atoms with Gasteiger partial charge in [0.05, 0.1) is 5.75 Å². The summed E-state index contributed by atoms with van der Waals surface area (Å²) in [4.78, 5) is 11.9. The van der Waals surface area contributed by atoms with Crippen molar-refractivity contribution in [2.24, 2.45) is 0 Å². The van der Waals surface area contributed by atoms with E-state index in [1.165, 1.54) is 5.75 Å². The Morgan fingerprint density at radius 3 is 2.56 bits per heavy atom. The quantitative estimate of drug-likeness (QED) is 0.415. The van der Waals surface area contributed by atoms with Gasteiger partial charge in [-0.3, -0.25) is 0 Å². The molecule has 1 aliphatic rings. The fourth-order valence-electron chi connectivity index (χ4n) is 0.295. The average molecular weight is 147 g/mol. The Morgan fingerprint density at radius 2 is 2.44 bits per heavy atom. The summed E-state index contributed by atoms with van der Waals surface area (Å²) in [6, 6.07) is 0. The highest BCUT2D eigenvalue weighted by Crippen LogP contribution is 1.88. The van der Waals surface area contributed by atoms with Crippen molar-refractivity contribution in [2.75, 3.05) is 12.3 Å². The minimum Gasteiger partial charge on any atom is -0.550 e. The Kier molecular flexibility index (Phi) is 5.30. The van der Waals surface area contributed by atoms with Crippen molar-refractivity contribution in [1.82, 2.24) is 0 Å². The Bertz CT molecular complexity index is 104. The van der Waals surface area contributed by atoms with Crippen LogP contribution in [0, 0.1) is 0 Å². The third kappa shape index (κ3) is 11.2. The summed E-state index contributed by atoms with van der Waals surface area (Å²) in [5.74, 6) is 0.167. The summed E-state index contributed by atoms with van der Waals surface area (Å²) >= 11 is 1.84. The number of hydrogen-bond donors (Lipinski definition) is 1. The lowest BCUT2D eigenvalue weighted by molar-refractivity contribution is -0.439.